The van der Waals surface area contributed by atoms with Crippen LogP contribution < -0.4 is 5.56 Å². The molecule has 8 nitrogen and oxygen atoms in total. The van der Waals surface area contributed by atoms with Gasteiger partial charge >= 0.3 is 6.18 Å². The Bertz CT molecular complexity index is 1480. The molecule has 4 aromatic heterocycles. The predicted octanol–water partition coefficient (Wildman–Crippen LogP) is 3.39. The number of pyridine rings is 2. The van der Waals surface area contributed by atoms with Crippen LogP contribution in [0.4, 0.5) is 13.2 Å². The number of nitrogens with one attached hydrogen (secondary N) is 1. The molecule has 0 spiro atoms. The number of benzene rings is 1. The highest BCUT2D eigenvalue weighted by atomic mass is 19.4. The van der Waals surface area contributed by atoms with Gasteiger partial charge in [-0.15, -0.1) is 10.2 Å². The van der Waals surface area contributed by atoms with Crippen LogP contribution >= 0.6 is 0 Å². The molecule has 5 rings (SSSR count). The zero-order valence-electron chi connectivity index (χ0n) is 16.1. The van der Waals surface area contributed by atoms with E-state index in [-0.39, 0.29) is 10.9 Å². The van der Waals surface area contributed by atoms with Gasteiger partial charge in [-0.25, -0.2) is 4.98 Å². The molecule has 0 fully saturated rings. The zero-order valence-corrected chi connectivity index (χ0v) is 16.1. The van der Waals surface area contributed by atoms with E-state index < -0.39 is 18.3 Å². The summed E-state index contributed by atoms with van der Waals surface area (Å²) in [7, 11) is 0. The summed E-state index contributed by atoms with van der Waals surface area (Å²) < 4.78 is 42.1. The number of fused-ring (bicyclic) bond motifs is 3. The number of aromatic nitrogens is 7. The molecule has 5 aromatic rings. The van der Waals surface area contributed by atoms with Crippen LogP contribution in [0.15, 0.2) is 54.1 Å². The maximum absolute atomic E-state index is 13.2. The summed E-state index contributed by atoms with van der Waals surface area (Å²) in [4.78, 5) is 17.1. The summed E-state index contributed by atoms with van der Waals surface area (Å²) in [6, 6.07) is 6.87. The van der Waals surface area contributed by atoms with E-state index >= 15 is 0 Å². The van der Waals surface area contributed by atoms with E-state index in [0.29, 0.717) is 22.3 Å². The van der Waals surface area contributed by atoms with Crippen molar-refractivity contribution in [3.63, 3.8) is 0 Å². The Labute approximate surface area is 172 Å². The molecule has 0 radical (unpaired) electrons. The molecule has 31 heavy (non-hydrogen) atoms. The van der Waals surface area contributed by atoms with Crippen molar-refractivity contribution in [3.8, 4) is 16.9 Å². The van der Waals surface area contributed by atoms with E-state index in [1.54, 1.807) is 29.0 Å². The maximum atomic E-state index is 13.2. The highest BCUT2D eigenvalue weighted by molar-refractivity contribution is 6.04. The van der Waals surface area contributed by atoms with Crippen molar-refractivity contribution in [2.75, 3.05) is 0 Å². The molecule has 0 saturated carbocycles. The van der Waals surface area contributed by atoms with Gasteiger partial charge in [0.2, 0.25) is 0 Å². The highest BCUT2D eigenvalue weighted by Gasteiger charge is 2.30. The summed E-state index contributed by atoms with van der Waals surface area (Å²) in [5, 5.41) is 14.6. The molecule has 156 valence electrons. The molecular weight excluding hydrogens is 411 g/mol. The first-order valence-corrected chi connectivity index (χ1v) is 9.20. The molecule has 0 saturated heterocycles. The second-order valence-electron chi connectivity index (χ2n) is 7.12. The Kier molecular flexibility index (Phi) is 4.14. The van der Waals surface area contributed by atoms with Crippen LogP contribution in [0.5, 0.6) is 0 Å². The largest absolute Gasteiger partial charge is 0.406 e. The van der Waals surface area contributed by atoms with Gasteiger partial charge in [-0.3, -0.25) is 19.0 Å². The third-order valence-electron chi connectivity index (χ3n) is 5.10. The first kappa shape index (κ1) is 19.0. The van der Waals surface area contributed by atoms with Crippen molar-refractivity contribution in [2.24, 2.45) is 0 Å². The quantitative estimate of drug-likeness (QED) is 0.478. The lowest BCUT2D eigenvalue weighted by Crippen LogP contribution is -2.28. The van der Waals surface area contributed by atoms with E-state index in [1.807, 2.05) is 13.0 Å². The number of H-pyrrole nitrogens is 1. The van der Waals surface area contributed by atoms with E-state index in [1.165, 1.54) is 18.9 Å². The van der Waals surface area contributed by atoms with E-state index in [9.17, 15) is 18.0 Å². The topological polar surface area (TPSA) is 94.3 Å². The minimum atomic E-state index is -4.55. The first-order chi connectivity index (χ1) is 14.8. The molecule has 1 N–H and O–H groups in total. The summed E-state index contributed by atoms with van der Waals surface area (Å²) in [5.74, 6) is 0.611. The second-order valence-corrected chi connectivity index (χ2v) is 7.12. The minimum absolute atomic E-state index is 0.112. The van der Waals surface area contributed by atoms with Gasteiger partial charge in [0.05, 0.1) is 22.6 Å². The molecule has 0 amide bonds. The SMILES string of the molecule is Cc1cc(-n2cnnc2)ncc1-c1ccc2c3[nH]ncc3c(=O)n(CC(F)(F)F)c2c1. The number of aryl methyl sites for hydroxylation is 1. The zero-order chi connectivity index (χ0) is 21.8. The van der Waals surface area contributed by atoms with Crippen molar-refractivity contribution < 1.29 is 13.2 Å². The van der Waals surface area contributed by atoms with Gasteiger partial charge in [0.25, 0.3) is 5.56 Å². The Balaban J connectivity index is 1.72. The Morgan fingerprint density at radius 2 is 1.84 bits per heavy atom. The number of rotatable bonds is 3. The lowest BCUT2D eigenvalue weighted by atomic mass is 10.0. The van der Waals surface area contributed by atoms with Gasteiger partial charge in [0, 0.05) is 17.1 Å². The van der Waals surface area contributed by atoms with E-state index in [2.05, 4.69) is 25.4 Å². The number of halogens is 3. The van der Waals surface area contributed by atoms with E-state index in [4.69, 9.17) is 0 Å². The molecule has 0 atom stereocenters. The van der Waals surface area contributed by atoms with Crippen LogP contribution in [0.25, 0.3) is 38.8 Å². The van der Waals surface area contributed by atoms with Crippen LogP contribution in [0, 0.1) is 6.92 Å². The van der Waals surface area contributed by atoms with Crippen molar-refractivity contribution in [2.45, 2.75) is 19.6 Å². The minimum Gasteiger partial charge on any atom is -0.298 e. The van der Waals surface area contributed by atoms with Crippen LogP contribution in [-0.2, 0) is 6.54 Å². The molecule has 4 heterocycles. The normalized spacial score (nSPS) is 12.1. The van der Waals surface area contributed by atoms with E-state index in [0.717, 1.165) is 15.7 Å². The van der Waals surface area contributed by atoms with Crippen molar-refractivity contribution in [1.29, 1.82) is 0 Å². The molecule has 0 aliphatic heterocycles. The number of alkyl halides is 3. The molecule has 0 aliphatic carbocycles. The van der Waals surface area contributed by atoms with Gasteiger partial charge in [0.1, 0.15) is 25.0 Å². The Morgan fingerprint density at radius 3 is 2.55 bits per heavy atom. The average molecular weight is 425 g/mol. The lowest BCUT2D eigenvalue weighted by Gasteiger charge is -2.15. The van der Waals surface area contributed by atoms with Crippen molar-refractivity contribution in [1.82, 2.24) is 34.5 Å². The fraction of sp³-hybridized carbons (Fsp3) is 0.150. The summed E-state index contributed by atoms with van der Waals surface area (Å²) in [5.41, 5.74) is 2.05. The summed E-state index contributed by atoms with van der Waals surface area (Å²) in [6.45, 7) is 0.479. The number of aromatic amines is 1. The second kappa shape index (κ2) is 6.76. The predicted molar refractivity (Wildman–Crippen MR) is 107 cm³/mol. The molecule has 0 aliphatic rings. The lowest BCUT2D eigenvalue weighted by molar-refractivity contribution is -0.140. The monoisotopic (exact) mass is 425 g/mol. The smallest absolute Gasteiger partial charge is 0.298 e. The number of hydrogen-bond donors (Lipinski definition) is 1. The standard InChI is InChI=1S/C20H14F3N7O/c1-11-4-17(29-9-26-27-10-29)24-6-14(11)12-2-3-13-16(5-12)30(8-20(21,22)23)19(31)15-7-25-28-18(13)15/h2-7,9-10H,8H2,1H3,(H,25,28). The van der Waals surface area contributed by atoms with Gasteiger partial charge in [-0.1, -0.05) is 12.1 Å². The van der Waals surface area contributed by atoms with Crippen LogP contribution in [0.1, 0.15) is 5.56 Å². The Hall–Kier alpha value is -4.02. The van der Waals surface area contributed by atoms with Gasteiger partial charge in [-0.05, 0) is 30.2 Å². The first-order valence-electron chi connectivity index (χ1n) is 9.20. The maximum Gasteiger partial charge on any atom is 0.406 e. The van der Waals surface area contributed by atoms with Crippen LogP contribution in [-0.4, -0.2) is 40.7 Å². The van der Waals surface area contributed by atoms with Gasteiger partial charge in [0.15, 0.2) is 0 Å². The average Bonchev–Trinajstić information content (AvgIpc) is 3.42. The van der Waals surface area contributed by atoms with Crippen LogP contribution in [0.3, 0.4) is 0 Å². The third-order valence-corrected chi connectivity index (χ3v) is 5.10. The highest BCUT2D eigenvalue weighted by Crippen LogP contribution is 2.30. The van der Waals surface area contributed by atoms with Crippen molar-refractivity contribution >= 4 is 21.8 Å². The molecular formula is C20H14F3N7O. The van der Waals surface area contributed by atoms with Crippen LogP contribution in [0.2, 0.25) is 0 Å². The summed E-state index contributed by atoms with van der Waals surface area (Å²) >= 11 is 0. The summed E-state index contributed by atoms with van der Waals surface area (Å²) in [6.07, 6.45) is 1.36. The van der Waals surface area contributed by atoms with Gasteiger partial charge in [-0.2, -0.15) is 18.3 Å². The number of nitrogens with zero attached hydrogens (tertiary/aromatic N) is 6. The molecule has 1 aromatic carbocycles. The molecule has 11 heteroatoms. The number of hydrogen-bond acceptors (Lipinski definition) is 5. The fourth-order valence-corrected chi connectivity index (χ4v) is 3.68. The molecule has 0 unspecified atom stereocenters. The van der Waals surface area contributed by atoms with Crippen molar-refractivity contribution in [3.05, 3.63) is 65.2 Å². The third kappa shape index (κ3) is 3.23. The fourth-order valence-electron chi connectivity index (χ4n) is 3.68. The molecule has 0 bridgehead atoms. The Morgan fingerprint density at radius 1 is 1.06 bits per heavy atom. The van der Waals surface area contributed by atoms with Gasteiger partial charge < -0.3 is 0 Å².